The molecule has 0 saturated carbocycles. The maximum absolute atomic E-state index is 13.7. The molecule has 15 heteroatoms. The zero-order valence-corrected chi connectivity index (χ0v) is 19.0. The molecule has 33 heavy (non-hydrogen) atoms. The average Bonchev–Trinajstić information content (AvgIpc) is 3.46. The van der Waals surface area contributed by atoms with Gasteiger partial charge in [0.05, 0.1) is 0 Å². The Morgan fingerprint density at radius 3 is 2.52 bits per heavy atom. The molecule has 1 N–H and O–H groups in total. The number of hydrogen-bond donors (Lipinski definition) is 1. The van der Waals surface area contributed by atoms with Crippen molar-refractivity contribution in [3.63, 3.8) is 0 Å². The van der Waals surface area contributed by atoms with Crippen molar-refractivity contribution >= 4 is 49.2 Å². The first-order chi connectivity index (χ1) is 15.4. The van der Waals surface area contributed by atoms with Gasteiger partial charge in [0.2, 0.25) is 0 Å². The maximum atomic E-state index is 13.7. The topological polar surface area (TPSA) is 79.9 Å². The quantitative estimate of drug-likeness (QED) is 0.153. The summed E-state index contributed by atoms with van der Waals surface area (Å²) in [6, 6.07) is 2.30. The Balaban J connectivity index is 1.67. The van der Waals surface area contributed by atoms with Gasteiger partial charge in [-0.25, -0.2) is 0 Å². The van der Waals surface area contributed by atoms with E-state index >= 15 is 0 Å². The second-order valence-corrected chi connectivity index (χ2v) is 12.1. The van der Waals surface area contributed by atoms with Crippen LogP contribution in [0.3, 0.4) is 0 Å². The van der Waals surface area contributed by atoms with Crippen molar-refractivity contribution in [1.82, 2.24) is 17.8 Å². The van der Waals surface area contributed by atoms with Crippen molar-refractivity contribution in [2.45, 2.75) is 12.4 Å². The molecule has 1 aliphatic heterocycles. The van der Waals surface area contributed by atoms with Gasteiger partial charge in [-0.1, -0.05) is 0 Å². The van der Waals surface area contributed by atoms with Gasteiger partial charge in [-0.05, 0) is 0 Å². The van der Waals surface area contributed by atoms with Crippen LogP contribution >= 0.6 is 31.7 Å². The molecule has 4 rings (SSSR count). The van der Waals surface area contributed by atoms with Gasteiger partial charge < -0.3 is 0 Å². The van der Waals surface area contributed by atoms with E-state index in [9.17, 15) is 35.9 Å². The number of furan rings is 1. The molecular weight excluding hydrogens is 597 g/mol. The van der Waals surface area contributed by atoms with Gasteiger partial charge in [0.1, 0.15) is 0 Å². The van der Waals surface area contributed by atoms with Crippen LogP contribution in [0.1, 0.15) is 16.1 Å². The second kappa shape index (κ2) is 8.38. The van der Waals surface area contributed by atoms with Gasteiger partial charge in [0.15, 0.2) is 0 Å². The summed E-state index contributed by atoms with van der Waals surface area (Å²) in [5.41, 5.74) is -1.73. The average molecular weight is 609 g/mol. The number of rotatable bonds is 3. The Bertz CT molecular complexity index is 1220. The van der Waals surface area contributed by atoms with Crippen LogP contribution in [0.25, 0.3) is 16.8 Å². The number of alkyl halides is 8. The summed E-state index contributed by atoms with van der Waals surface area (Å²) in [5, 5.41) is -0.377. The number of fused-ring (bicyclic) bond motifs is 1. The second-order valence-electron chi connectivity index (χ2n) is 6.85. The first-order valence-electron chi connectivity index (χ1n) is 8.96. The Labute approximate surface area is 193 Å². The van der Waals surface area contributed by atoms with Crippen LogP contribution in [0, 0.1) is 0 Å². The number of nitrogens with zero attached hydrogens (tertiary/aromatic N) is 3. The molecule has 3 aromatic rings. The number of nitrogens with one attached hydrogen (secondary N) is 1. The summed E-state index contributed by atoms with van der Waals surface area (Å²) in [6.45, 7) is 0.0262. The van der Waals surface area contributed by atoms with E-state index in [0.717, 1.165) is 15.4 Å². The third-order valence-corrected chi connectivity index (χ3v) is 9.70. The number of hydrogen-bond acceptors (Lipinski definition) is 4. The molecule has 2 amide bonds. The van der Waals surface area contributed by atoms with Crippen molar-refractivity contribution in [3.05, 3.63) is 47.3 Å². The number of halogens is 8. The predicted octanol–water partition coefficient (Wildman–Crippen LogP) is 4.78. The van der Waals surface area contributed by atoms with Gasteiger partial charge in [0, 0.05) is 0 Å². The molecule has 1 fully saturated rings. The SMILES string of the molecule is O=C(c1nc2c(C(F)(F)F)cc(-c3ccoc3)cn2c1Cl)N1CCI(NC(=O)C(F)(F)F)C1. The summed E-state index contributed by atoms with van der Waals surface area (Å²) in [4.78, 5) is 29.0. The van der Waals surface area contributed by atoms with Crippen molar-refractivity contribution in [2.24, 2.45) is 0 Å². The third-order valence-electron chi connectivity index (χ3n) is 4.66. The van der Waals surface area contributed by atoms with E-state index in [-0.39, 0.29) is 26.2 Å². The monoisotopic (exact) mass is 608 g/mol. The fourth-order valence-corrected chi connectivity index (χ4v) is 7.95. The minimum atomic E-state index is -5.04. The van der Waals surface area contributed by atoms with E-state index < -0.39 is 61.2 Å². The molecule has 0 unspecified atom stereocenters. The van der Waals surface area contributed by atoms with E-state index in [1.165, 1.54) is 24.8 Å². The number of carbonyl (C=O) groups excluding carboxylic acids is 2. The van der Waals surface area contributed by atoms with Crippen LogP contribution in [-0.4, -0.2) is 47.8 Å². The van der Waals surface area contributed by atoms with Crippen LogP contribution < -0.4 is 3.53 Å². The number of carbonyl (C=O) groups is 2. The molecule has 0 bridgehead atoms. The van der Waals surface area contributed by atoms with E-state index in [1.807, 2.05) is 3.53 Å². The predicted molar refractivity (Wildman–Crippen MR) is 112 cm³/mol. The molecule has 1 aliphatic rings. The summed E-state index contributed by atoms with van der Waals surface area (Å²) in [5.74, 6) is -2.91. The summed E-state index contributed by atoms with van der Waals surface area (Å²) in [7, 11) is 0. The fraction of sp³-hybridized carbons (Fsp3) is 0.278. The van der Waals surface area contributed by atoms with Crippen molar-refractivity contribution in [2.75, 3.05) is 15.5 Å². The Morgan fingerprint density at radius 1 is 1.18 bits per heavy atom. The number of imidazole rings is 1. The van der Waals surface area contributed by atoms with Gasteiger partial charge in [0.25, 0.3) is 0 Å². The molecule has 178 valence electrons. The molecule has 0 atom stereocenters. The number of aromatic nitrogens is 2. The molecule has 0 aliphatic carbocycles. The van der Waals surface area contributed by atoms with Crippen molar-refractivity contribution in [3.8, 4) is 11.1 Å². The Hall–Kier alpha value is -2.49. The van der Waals surface area contributed by atoms with Crippen LogP contribution in [0.4, 0.5) is 26.3 Å². The number of pyridine rings is 1. The van der Waals surface area contributed by atoms with Gasteiger partial charge in [-0.3, -0.25) is 0 Å². The first-order valence-corrected chi connectivity index (χ1v) is 13.5. The van der Waals surface area contributed by atoms with E-state index in [4.69, 9.17) is 16.0 Å². The molecule has 0 aromatic carbocycles. The standard InChI is InChI=1S/C18H12ClF6IN4O3/c19-13-12(15(31)29-3-2-26(8-29)28-16(32)18(23,24)25)27-14-11(17(20,21)22)5-10(6-30(13)14)9-1-4-33-7-9/h1,4-7H,2-3,8H2,(H,28,32). The Morgan fingerprint density at radius 2 is 1.91 bits per heavy atom. The van der Waals surface area contributed by atoms with Crippen LogP contribution in [0.15, 0.2) is 35.3 Å². The summed E-state index contributed by atoms with van der Waals surface area (Å²) < 4.78 is 86.4. The zero-order chi connectivity index (χ0) is 24.1. The van der Waals surface area contributed by atoms with Gasteiger partial charge >= 0.3 is 194 Å². The molecule has 7 nitrogen and oxygen atoms in total. The summed E-state index contributed by atoms with van der Waals surface area (Å²) in [6.07, 6.45) is -6.06. The zero-order valence-electron chi connectivity index (χ0n) is 16.1. The summed E-state index contributed by atoms with van der Waals surface area (Å²) >= 11 is 3.54. The molecule has 4 heterocycles. The van der Waals surface area contributed by atoms with E-state index in [2.05, 4.69) is 4.98 Å². The Kier molecular flexibility index (Phi) is 6.01. The van der Waals surface area contributed by atoms with Crippen molar-refractivity contribution in [1.29, 1.82) is 0 Å². The molecule has 3 aromatic heterocycles. The molecule has 0 radical (unpaired) electrons. The van der Waals surface area contributed by atoms with Crippen LogP contribution in [0.2, 0.25) is 5.15 Å². The number of amides is 2. The fourth-order valence-electron chi connectivity index (χ4n) is 3.10. The third kappa shape index (κ3) is 4.62. The van der Waals surface area contributed by atoms with Crippen LogP contribution in [0.5, 0.6) is 0 Å². The molecular formula is C18H12ClF6IN4O3. The van der Waals surface area contributed by atoms with E-state index in [1.54, 1.807) is 0 Å². The molecule has 0 spiro atoms. The normalized spacial score (nSPS) is 16.0. The van der Waals surface area contributed by atoms with Gasteiger partial charge in [-0.15, -0.1) is 0 Å². The molecule has 1 saturated heterocycles. The van der Waals surface area contributed by atoms with Crippen molar-refractivity contribution < 1.29 is 40.3 Å². The van der Waals surface area contributed by atoms with Gasteiger partial charge in [-0.2, -0.15) is 0 Å². The van der Waals surface area contributed by atoms with Crippen LogP contribution in [-0.2, 0) is 11.0 Å². The minimum absolute atomic E-state index is 0.0262. The first kappa shape index (κ1) is 23.7. The van der Waals surface area contributed by atoms with E-state index in [0.29, 0.717) is 5.56 Å².